The predicted octanol–water partition coefficient (Wildman–Crippen LogP) is 1.46. The number of anilines is 2. The molecule has 2 rings (SSSR count). The number of sulfonamides is 1. The molecule has 2 aromatic rings. The van der Waals surface area contributed by atoms with E-state index in [9.17, 15) is 13.2 Å². The Bertz CT molecular complexity index is 703. The van der Waals surface area contributed by atoms with Gasteiger partial charge in [0.05, 0.1) is 4.90 Å². The number of benzene rings is 1. The Balaban J connectivity index is 0.00000220. The van der Waals surface area contributed by atoms with Crippen LogP contribution in [-0.2, 0) is 14.8 Å². The largest absolute Gasteiger partial charge is 0.326 e. The van der Waals surface area contributed by atoms with E-state index in [4.69, 9.17) is 0 Å². The zero-order valence-corrected chi connectivity index (χ0v) is 14.5. The Morgan fingerprint density at radius 1 is 1.10 bits per heavy atom. The van der Waals surface area contributed by atoms with Crippen LogP contribution in [0.25, 0.3) is 0 Å². The Labute approximate surface area is 145 Å². The fraction of sp³-hybridized carbons (Fsp3) is 0.0769. The minimum absolute atomic E-state index is 0. The van der Waals surface area contributed by atoms with Gasteiger partial charge < -0.3 is 5.32 Å². The number of aromatic nitrogens is 1. The van der Waals surface area contributed by atoms with Crippen molar-refractivity contribution in [3.8, 4) is 0 Å². The van der Waals surface area contributed by atoms with Crippen LogP contribution in [0.1, 0.15) is 6.92 Å². The van der Waals surface area contributed by atoms with Crippen LogP contribution in [0.4, 0.5) is 11.5 Å². The van der Waals surface area contributed by atoms with Gasteiger partial charge in [-0.1, -0.05) is 6.07 Å². The van der Waals surface area contributed by atoms with E-state index in [2.05, 4.69) is 15.0 Å². The van der Waals surface area contributed by atoms with Crippen molar-refractivity contribution in [2.45, 2.75) is 11.8 Å². The number of hydrogen-bond donors (Lipinski definition) is 2. The Hall–Kier alpha value is -1.41. The van der Waals surface area contributed by atoms with E-state index in [1.165, 1.54) is 37.4 Å². The van der Waals surface area contributed by atoms with Crippen molar-refractivity contribution >= 4 is 57.0 Å². The van der Waals surface area contributed by atoms with E-state index >= 15 is 0 Å². The number of nitrogens with zero attached hydrogens (tertiary/aromatic N) is 1. The first kappa shape index (κ1) is 17.6. The molecule has 2 N–H and O–H groups in total. The first-order valence-corrected chi connectivity index (χ1v) is 7.27. The summed E-state index contributed by atoms with van der Waals surface area (Å²) < 4.78 is 26.6. The monoisotopic (exact) mass is 314 g/mol. The van der Waals surface area contributed by atoms with Crippen LogP contribution in [0.2, 0.25) is 0 Å². The van der Waals surface area contributed by atoms with Crippen molar-refractivity contribution in [1.82, 2.24) is 4.98 Å². The van der Waals surface area contributed by atoms with Gasteiger partial charge in [0.2, 0.25) is 5.91 Å². The molecule has 21 heavy (non-hydrogen) atoms. The smallest absolute Gasteiger partial charge is 0.263 e. The number of carbonyl (C=O) groups excluding carboxylic acids is 1. The maximum Gasteiger partial charge on any atom is 0.263 e. The van der Waals surface area contributed by atoms with E-state index in [1.807, 2.05) is 0 Å². The zero-order valence-electron chi connectivity index (χ0n) is 11.7. The molecule has 6 nitrogen and oxygen atoms in total. The van der Waals surface area contributed by atoms with Gasteiger partial charge in [-0.25, -0.2) is 13.4 Å². The summed E-state index contributed by atoms with van der Waals surface area (Å²) in [6.45, 7) is 1.38. The molecule has 0 unspecified atom stereocenters. The average molecular weight is 314 g/mol. The van der Waals surface area contributed by atoms with Crippen LogP contribution >= 0.6 is 0 Å². The summed E-state index contributed by atoms with van der Waals surface area (Å²) in [4.78, 5) is 14.9. The van der Waals surface area contributed by atoms with Crippen LogP contribution in [0, 0.1) is 0 Å². The summed E-state index contributed by atoms with van der Waals surface area (Å²) >= 11 is 0. The Kier molecular flexibility index (Phi) is 6.35. The number of pyridine rings is 1. The fourth-order valence-corrected chi connectivity index (χ4v) is 2.55. The molecule has 8 heteroatoms. The van der Waals surface area contributed by atoms with Gasteiger partial charge in [-0.3, -0.25) is 9.52 Å². The standard InChI is InChI=1S/C13H13N3O3S.Na/c1-10(17)15-11-5-7-12(8-6-11)20(18,19)16-13-4-2-3-9-14-13;/h2-9H,1H3,(H,14,16)(H,15,17);. The van der Waals surface area contributed by atoms with Crippen molar-refractivity contribution in [1.29, 1.82) is 0 Å². The summed E-state index contributed by atoms with van der Waals surface area (Å²) in [5.74, 6) is 0.0330. The van der Waals surface area contributed by atoms with Crippen LogP contribution in [-0.4, -0.2) is 48.9 Å². The third-order valence-corrected chi connectivity index (χ3v) is 3.76. The summed E-state index contributed by atoms with van der Waals surface area (Å²) in [7, 11) is -3.68. The average Bonchev–Trinajstić information content (AvgIpc) is 2.39. The van der Waals surface area contributed by atoms with Gasteiger partial charge in [0.1, 0.15) is 5.82 Å². The third kappa shape index (κ3) is 5.13. The van der Waals surface area contributed by atoms with Crippen molar-refractivity contribution in [3.05, 3.63) is 48.7 Å². The fourth-order valence-electron chi connectivity index (χ4n) is 1.54. The second kappa shape index (κ2) is 7.56. The van der Waals surface area contributed by atoms with E-state index in [0.717, 1.165) is 0 Å². The van der Waals surface area contributed by atoms with E-state index in [0.29, 0.717) is 5.69 Å². The molecule has 0 atom stereocenters. The van der Waals surface area contributed by atoms with Crippen LogP contribution < -0.4 is 10.0 Å². The molecule has 0 saturated heterocycles. The summed E-state index contributed by atoms with van der Waals surface area (Å²) in [6.07, 6.45) is 1.50. The van der Waals surface area contributed by atoms with Crippen LogP contribution in [0.15, 0.2) is 53.6 Å². The number of carbonyl (C=O) groups is 1. The number of nitrogens with one attached hydrogen (secondary N) is 2. The molecule has 0 spiro atoms. The second-order valence-corrected chi connectivity index (χ2v) is 5.71. The molecule has 0 aliphatic carbocycles. The third-order valence-electron chi connectivity index (χ3n) is 2.39. The maximum atomic E-state index is 12.1. The molecule has 0 aliphatic rings. The first-order valence-electron chi connectivity index (χ1n) is 5.79. The summed E-state index contributed by atoms with van der Waals surface area (Å²) in [5, 5.41) is 2.57. The minimum Gasteiger partial charge on any atom is -0.326 e. The SMILES string of the molecule is CC(=O)Nc1ccc(S(=O)(=O)Nc2ccccn2)cc1.[Na]. The molecule has 1 aromatic heterocycles. The van der Waals surface area contributed by atoms with Gasteiger partial charge in [-0.15, -0.1) is 0 Å². The van der Waals surface area contributed by atoms with Gasteiger partial charge >= 0.3 is 0 Å². The minimum atomic E-state index is -3.68. The molecule has 0 aliphatic heterocycles. The molecule has 0 bridgehead atoms. The molecular formula is C13H13N3NaO3S. The molecule has 0 fully saturated rings. The molecule has 105 valence electrons. The van der Waals surface area contributed by atoms with Crippen molar-refractivity contribution in [2.24, 2.45) is 0 Å². The summed E-state index contributed by atoms with van der Waals surface area (Å²) in [5.41, 5.74) is 0.536. The number of amides is 1. The van der Waals surface area contributed by atoms with Gasteiger partial charge in [0.25, 0.3) is 10.0 Å². The number of hydrogen-bond acceptors (Lipinski definition) is 4. The molecule has 1 amide bonds. The Morgan fingerprint density at radius 2 is 1.76 bits per heavy atom. The molecule has 1 radical (unpaired) electrons. The quantitative estimate of drug-likeness (QED) is 0.836. The van der Waals surface area contributed by atoms with Crippen molar-refractivity contribution < 1.29 is 13.2 Å². The second-order valence-electron chi connectivity index (χ2n) is 4.03. The van der Waals surface area contributed by atoms with E-state index in [1.54, 1.807) is 18.2 Å². The molecule has 1 aromatic carbocycles. The predicted molar refractivity (Wildman–Crippen MR) is 81.5 cm³/mol. The van der Waals surface area contributed by atoms with Crippen LogP contribution in [0.5, 0.6) is 0 Å². The molecule has 0 saturated carbocycles. The van der Waals surface area contributed by atoms with Gasteiger partial charge in [-0.2, -0.15) is 0 Å². The van der Waals surface area contributed by atoms with Gasteiger partial charge in [0.15, 0.2) is 0 Å². The van der Waals surface area contributed by atoms with Gasteiger partial charge in [0, 0.05) is 48.4 Å². The molecular weight excluding hydrogens is 301 g/mol. The summed E-state index contributed by atoms with van der Waals surface area (Å²) in [6, 6.07) is 10.8. The van der Waals surface area contributed by atoms with Crippen molar-refractivity contribution in [2.75, 3.05) is 10.0 Å². The van der Waals surface area contributed by atoms with Crippen molar-refractivity contribution in [3.63, 3.8) is 0 Å². The van der Waals surface area contributed by atoms with E-state index < -0.39 is 10.0 Å². The normalized spacial score (nSPS) is 10.3. The maximum absolute atomic E-state index is 12.1. The van der Waals surface area contributed by atoms with Crippen LogP contribution in [0.3, 0.4) is 0 Å². The zero-order chi connectivity index (χ0) is 14.6. The number of rotatable bonds is 4. The Morgan fingerprint density at radius 3 is 2.29 bits per heavy atom. The first-order chi connectivity index (χ1) is 9.47. The topological polar surface area (TPSA) is 88.2 Å². The van der Waals surface area contributed by atoms with Gasteiger partial charge in [-0.05, 0) is 36.4 Å². The van der Waals surface area contributed by atoms with E-state index in [-0.39, 0.29) is 46.2 Å². The molecule has 1 heterocycles.